The van der Waals surface area contributed by atoms with Gasteiger partial charge in [-0.15, -0.1) is 0 Å². The summed E-state index contributed by atoms with van der Waals surface area (Å²) < 4.78 is 1.11. The Morgan fingerprint density at radius 2 is 1.32 bits per heavy atom. The predicted molar refractivity (Wildman–Crippen MR) is 85.1 cm³/mol. The molecule has 0 radical (unpaired) electrons. The van der Waals surface area contributed by atoms with E-state index in [1.54, 1.807) is 0 Å². The van der Waals surface area contributed by atoms with E-state index in [2.05, 4.69) is 55.7 Å². The first kappa shape index (κ1) is 11.0. The van der Waals surface area contributed by atoms with E-state index in [4.69, 9.17) is 0 Å². The fourth-order valence-corrected chi connectivity index (χ4v) is 2.91. The van der Waals surface area contributed by atoms with Gasteiger partial charge in [-0.1, -0.05) is 0 Å². The van der Waals surface area contributed by atoms with Crippen LogP contribution in [0.3, 0.4) is 0 Å². The van der Waals surface area contributed by atoms with Crippen molar-refractivity contribution in [3.05, 3.63) is 52.5 Å². The zero-order valence-corrected chi connectivity index (χ0v) is 12.0. The molecule has 0 fully saturated rings. The van der Waals surface area contributed by atoms with Gasteiger partial charge in [0.1, 0.15) is 0 Å². The second-order valence-electron chi connectivity index (χ2n) is 4.35. The molecule has 0 aliphatic heterocycles. The number of rotatable bonds is 0. The minimum absolute atomic E-state index is 0.965. The average Bonchev–Trinajstić information content (AvgIpc) is 2.47. The first-order valence-corrected chi connectivity index (χ1v) is 6.99. The van der Waals surface area contributed by atoms with Gasteiger partial charge < -0.3 is 0 Å². The molecule has 4 rings (SSSR count). The third-order valence-electron chi connectivity index (χ3n) is 3.24. The highest BCUT2D eigenvalue weighted by Gasteiger charge is 2.10. The van der Waals surface area contributed by atoms with Crippen LogP contribution in [0.15, 0.2) is 48.9 Å². The molecule has 0 spiro atoms. The van der Waals surface area contributed by atoms with Gasteiger partial charge in [0.25, 0.3) is 0 Å². The standard InChI is InChI=1S/C15H8IN3/c16-9-7-12-14-10(3-1-6-18-14)13-11(4-2-5-17-13)15(12)19-8-9/h1-8H. The molecule has 3 heterocycles. The third-order valence-corrected chi connectivity index (χ3v) is 3.83. The first-order valence-electron chi connectivity index (χ1n) is 5.91. The molecule has 0 bridgehead atoms. The number of pyridine rings is 3. The molecule has 90 valence electrons. The van der Waals surface area contributed by atoms with Crippen LogP contribution < -0.4 is 0 Å². The zero-order chi connectivity index (χ0) is 12.8. The molecule has 0 unspecified atom stereocenters. The summed E-state index contributed by atoms with van der Waals surface area (Å²) in [6, 6.07) is 10.2. The molecular weight excluding hydrogens is 349 g/mol. The van der Waals surface area contributed by atoms with Gasteiger partial charge in [-0.25, -0.2) is 0 Å². The van der Waals surface area contributed by atoms with Gasteiger partial charge in [0.2, 0.25) is 0 Å². The molecule has 0 amide bonds. The van der Waals surface area contributed by atoms with Crippen LogP contribution in [-0.4, -0.2) is 15.0 Å². The van der Waals surface area contributed by atoms with E-state index in [0.717, 1.165) is 36.3 Å². The summed E-state index contributed by atoms with van der Waals surface area (Å²) >= 11 is 2.28. The maximum absolute atomic E-state index is 4.57. The largest absolute Gasteiger partial charge is 0.255 e. The molecule has 19 heavy (non-hydrogen) atoms. The van der Waals surface area contributed by atoms with Gasteiger partial charge >= 0.3 is 0 Å². The Morgan fingerprint density at radius 3 is 2.00 bits per heavy atom. The first-order chi connectivity index (χ1) is 9.34. The van der Waals surface area contributed by atoms with E-state index in [1.165, 1.54) is 0 Å². The highest BCUT2D eigenvalue weighted by Crippen LogP contribution is 2.31. The Bertz CT molecular complexity index is 899. The van der Waals surface area contributed by atoms with Crippen LogP contribution in [0.25, 0.3) is 32.7 Å². The van der Waals surface area contributed by atoms with Crippen molar-refractivity contribution in [3.8, 4) is 0 Å². The number of benzene rings is 1. The van der Waals surface area contributed by atoms with Crippen molar-refractivity contribution >= 4 is 55.3 Å². The lowest BCUT2D eigenvalue weighted by atomic mass is 10.0. The summed E-state index contributed by atoms with van der Waals surface area (Å²) in [6.45, 7) is 0. The fourth-order valence-electron chi connectivity index (χ4n) is 2.46. The number of halogens is 1. The van der Waals surface area contributed by atoms with Crippen molar-refractivity contribution in [3.63, 3.8) is 0 Å². The number of hydrogen-bond acceptors (Lipinski definition) is 3. The quantitative estimate of drug-likeness (QED) is 0.354. The summed E-state index contributed by atoms with van der Waals surface area (Å²) in [4.78, 5) is 13.6. The second-order valence-corrected chi connectivity index (χ2v) is 5.59. The van der Waals surface area contributed by atoms with Gasteiger partial charge in [-0.3, -0.25) is 15.0 Å². The second kappa shape index (κ2) is 4.09. The van der Waals surface area contributed by atoms with Crippen molar-refractivity contribution in [2.45, 2.75) is 0 Å². The Kier molecular flexibility index (Phi) is 2.38. The highest BCUT2D eigenvalue weighted by molar-refractivity contribution is 14.1. The lowest BCUT2D eigenvalue weighted by Gasteiger charge is -2.07. The molecule has 0 atom stereocenters. The molecule has 0 saturated heterocycles. The van der Waals surface area contributed by atoms with Crippen LogP contribution in [0.5, 0.6) is 0 Å². The van der Waals surface area contributed by atoms with E-state index in [1.807, 2.05) is 30.7 Å². The van der Waals surface area contributed by atoms with Gasteiger partial charge in [0, 0.05) is 38.3 Å². The Morgan fingerprint density at radius 1 is 0.737 bits per heavy atom. The van der Waals surface area contributed by atoms with Gasteiger partial charge in [-0.05, 0) is 52.9 Å². The van der Waals surface area contributed by atoms with Crippen LogP contribution in [0, 0.1) is 3.57 Å². The summed E-state index contributed by atoms with van der Waals surface area (Å²) in [6.07, 6.45) is 5.51. The van der Waals surface area contributed by atoms with E-state index in [0.29, 0.717) is 0 Å². The topological polar surface area (TPSA) is 38.7 Å². The van der Waals surface area contributed by atoms with Crippen molar-refractivity contribution in [2.75, 3.05) is 0 Å². The number of aromatic nitrogens is 3. The lowest BCUT2D eigenvalue weighted by molar-refractivity contribution is 1.37. The minimum atomic E-state index is 0.965. The number of fused-ring (bicyclic) bond motifs is 6. The van der Waals surface area contributed by atoms with Crippen LogP contribution >= 0.6 is 22.6 Å². The normalized spacial score (nSPS) is 11.4. The lowest BCUT2D eigenvalue weighted by Crippen LogP contribution is -1.90. The summed E-state index contributed by atoms with van der Waals surface area (Å²) in [5.41, 5.74) is 2.90. The average molecular weight is 357 g/mol. The Hall–Kier alpha value is -1.82. The molecule has 3 aromatic heterocycles. The summed E-state index contributed by atoms with van der Waals surface area (Å²) in [5.74, 6) is 0. The zero-order valence-electron chi connectivity index (χ0n) is 9.84. The van der Waals surface area contributed by atoms with Crippen molar-refractivity contribution in [2.24, 2.45) is 0 Å². The predicted octanol–water partition coefficient (Wildman–Crippen LogP) is 3.94. The number of nitrogens with zero attached hydrogens (tertiary/aromatic N) is 3. The third kappa shape index (κ3) is 1.59. The molecule has 0 aliphatic carbocycles. The summed E-state index contributed by atoms with van der Waals surface area (Å²) in [5, 5.41) is 3.24. The molecular formula is C15H8IN3. The van der Waals surface area contributed by atoms with Crippen molar-refractivity contribution in [1.29, 1.82) is 0 Å². The van der Waals surface area contributed by atoms with E-state index >= 15 is 0 Å². The van der Waals surface area contributed by atoms with E-state index < -0.39 is 0 Å². The molecule has 0 aliphatic rings. The molecule has 0 N–H and O–H groups in total. The summed E-state index contributed by atoms with van der Waals surface area (Å²) in [7, 11) is 0. The van der Waals surface area contributed by atoms with Crippen molar-refractivity contribution in [1.82, 2.24) is 15.0 Å². The van der Waals surface area contributed by atoms with Crippen molar-refractivity contribution < 1.29 is 0 Å². The SMILES string of the molecule is Ic1cnc2c3cccnc3c3cccnc3c2c1. The monoisotopic (exact) mass is 357 g/mol. The maximum atomic E-state index is 4.57. The smallest absolute Gasteiger partial charge is 0.0818 e. The molecule has 4 aromatic rings. The highest BCUT2D eigenvalue weighted by atomic mass is 127. The van der Waals surface area contributed by atoms with E-state index in [-0.39, 0.29) is 0 Å². The van der Waals surface area contributed by atoms with Crippen LogP contribution in [0.1, 0.15) is 0 Å². The van der Waals surface area contributed by atoms with Crippen LogP contribution in [0.2, 0.25) is 0 Å². The fraction of sp³-hybridized carbons (Fsp3) is 0. The van der Waals surface area contributed by atoms with Crippen LogP contribution in [-0.2, 0) is 0 Å². The molecule has 1 aromatic carbocycles. The van der Waals surface area contributed by atoms with Crippen LogP contribution in [0.4, 0.5) is 0 Å². The minimum Gasteiger partial charge on any atom is -0.255 e. The Labute approximate surface area is 122 Å². The Balaban J connectivity index is 2.43. The van der Waals surface area contributed by atoms with E-state index in [9.17, 15) is 0 Å². The number of hydrogen-bond donors (Lipinski definition) is 0. The molecule has 0 saturated carbocycles. The maximum Gasteiger partial charge on any atom is 0.0818 e. The molecule has 4 heteroatoms. The molecule has 3 nitrogen and oxygen atoms in total. The van der Waals surface area contributed by atoms with Gasteiger partial charge in [0.15, 0.2) is 0 Å². The van der Waals surface area contributed by atoms with Gasteiger partial charge in [-0.2, -0.15) is 0 Å². The van der Waals surface area contributed by atoms with Gasteiger partial charge in [0.05, 0.1) is 16.6 Å².